The van der Waals surface area contributed by atoms with E-state index < -0.39 is 11.2 Å². The topological polar surface area (TPSA) is 57.5 Å². The van der Waals surface area contributed by atoms with E-state index in [2.05, 4.69) is 0 Å². The fourth-order valence-corrected chi connectivity index (χ4v) is 1.14. The fourth-order valence-electron chi connectivity index (χ4n) is 1.02. The minimum atomic E-state index is -0.567. The minimum Gasteiger partial charge on any atom is -0.508 e. The molecular formula is C9H9ClO3. The summed E-state index contributed by atoms with van der Waals surface area (Å²) in [7, 11) is 0. The maximum absolute atomic E-state index is 10.8. The molecule has 0 fully saturated rings. The third kappa shape index (κ3) is 2.12. The molecule has 70 valence electrons. The summed E-state index contributed by atoms with van der Waals surface area (Å²) in [5.74, 6) is -0.737. The Labute approximate surface area is 80.6 Å². The minimum absolute atomic E-state index is 0.0459. The van der Waals surface area contributed by atoms with Crippen molar-refractivity contribution in [2.75, 3.05) is 0 Å². The largest absolute Gasteiger partial charge is 0.508 e. The van der Waals surface area contributed by atoms with Crippen molar-refractivity contribution in [2.45, 2.75) is 12.8 Å². The van der Waals surface area contributed by atoms with Crippen molar-refractivity contribution in [1.29, 1.82) is 0 Å². The highest BCUT2D eigenvalue weighted by Gasteiger charge is 2.16. The van der Waals surface area contributed by atoms with Crippen LogP contribution in [-0.2, 0) is 4.79 Å². The second kappa shape index (κ2) is 3.66. The summed E-state index contributed by atoms with van der Waals surface area (Å²) in [4.78, 5) is 10.8. The Balaban J connectivity index is 3.08. The van der Waals surface area contributed by atoms with Crippen molar-refractivity contribution < 1.29 is 15.0 Å². The zero-order valence-electron chi connectivity index (χ0n) is 6.99. The van der Waals surface area contributed by atoms with Crippen molar-refractivity contribution in [3.63, 3.8) is 0 Å². The number of hydrogen-bond acceptors (Lipinski definition) is 3. The molecule has 1 rings (SSSR count). The second-order valence-electron chi connectivity index (χ2n) is 2.77. The summed E-state index contributed by atoms with van der Waals surface area (Å²) in [5.41, 5.74) is 0.415. The van der Waals surface area contributed by atoms with Crippen LogP contribution >= 0.6 is 11.6 Å². The molecule has 0 saturated carbocycles. The molecule has 3 nitrogen and oxygen atoms in total. The van der Waals surface area contributed by atoms with Crippen molar-refractivity contribution in [2.24, 2.45) is 0 Å². The maximum Gasteiger partial charge on any atom is 0.228 e. The van der Waals surface area contributed by atoms with Gasteiger partial charge in [0.2, 0.25) is 5.24 Å². The van der Waals surface area contributed by atoms with E-state index in [9.17, 15) is 9.90 Å². The van der Waals surface area contributed by atoms with Crippen LogP contribution in [0.5, 0.6) is 11.5 Å². The van der Waals surface area contributed by atoms with E-state index >= 15 is 0 Å². The Hall–Kier alpha value is -1.22. The van der Waals surface area contributed by atoms with Gasteiger partial charge in [0.05, 0.1) is 5.92 Å². The molecule has 1 atom stereocenters. The molecule has 0 aliphatic rings. The molecule has 1 aromatic carbocycles. The number of hydrogen-bond donors (Lipinski definition) is 2. The first-order valence-electron chi connectivity index (χ1n) is 3.73. The number of carbonyl (C=O) groups excluding carboxylic acids is 1. The zero-order valence-corrected chi connectivity index (χ0v) is 7.75. The normalized spacial score (nSPS) is 12.5. The molecule has 0 amide bonds. The number of aromatic hydroxyl groups is 2. The molecule has 1 unspecified atom stereocenters. The Morgan fingerprint density at radius 1 is 1.46 bits per heavy atom. The third-order valence-corrected chi connectivity index (χ3v) is 2.15. The summed E-state index contributed by atoms with van der Waals surface area (Å²) in [5, 5.41) is 17.8. The molecule has 4 heteroatoms. The number of phenolic OH excluding ortho intramolecular Hbond substituents is 2. The van der Waals surface area contributed by atoms with Gasteiger partial charge in [-0.3, -0.25) is 4.79 Å². The Morgan fingerprint density at radius 2 is 2.08 bits per heavy atom. The molecule has 0 heterocycles. The van der Waals surface area contributed by atoms with Crippen LogP contribution in [0, 0.1) is 0 Å². The average molecular weight is 201 g/mol. The molecular weight excluding hydrogens is 192 g/mol. The van der Waals surface area contributed by atoms with E-state index in [1.54, 1.807) is 6.92 Å². The van der Waals surface area contributed by atoms with E-state index in [1.165, 1.54) is 18.2 Å². The molecule has 0 aliphatic heterocycles. The van der Waals surface area contributed by atoms with Gasteiger partial charge in [0.25, 0.3) is 0 Å². The van der Waals surface area contributed by atoms with Crippen molar-refractivity contribution in [1.82, 2.24) is 0 Å². The highest BCUT2D eigenvalue weighted by Crippen LogP contribution is 2.29. The molecule has 0 bridgehead atoms. The van der Waals surface area contributed by atoms with Crippen molar-refractivity contribution >= 4 is 16.8 Å². The van der Waals surface area contributed by atoms with Crippen LogP contribution in [0.4, 0.5) is 0 Å². The van der Waals surface area contributed by atoms with E-state index in [0.717, 1.165) is 0 Å². The SMILES string of the molecule is CC(C(=O)Cl)c1ccc(O)cc1O. The van der Waals surface area contributed by atoms with Crippen LogP contribution in [0.15, 0.2) is 18.2 Å². The lowest BCUT2D eigenvalue weighted by Crippen LogP contribution is -2.01. The molecule has 13 heavy (non-hydrogen) atoms. The van der Waals surface area contributed by atoms with Crippen molar-refractivity contribution in [3.05, 3.63) is 23.8 Å². The van der Waals surface area contributed by atoms with Crippen LogP contribution in [0.2, 0.25) is 0 Å². The molecule has 0 aromatic heterocycles. The number of halogens is 1. The van der Waals surface area contributed by atoms with Crippen LogP contribution in [0.3, 0.4) is 0 Å². The van der Waals surface area contributed by atoms with Gasteiger partial charge in [0, 0.05) is 11.6 Å². The van der Waals surface area contributed by atoms with Crippen molar-refractivity contribution in [3.8, 4) is 11.5 Å². The highest BCUT2D eigenvalue weighted by molar-refractivity contribution is 6.64. The number of carbonyl (C=O) groups is 1. The molecule has 2 N–H and O–H groups in total. The fraction of sp³-hybridized carbons (Fsp3) is 0.222. The number of rotatable bonds is 2. The first-order valence-corrected chi connectivity index (χ1v) is 4.11. The quantitative estimate of drug-likeness (QED) is 0.718. The standard InChI is InChI=1S/C9H9ClO3/c1-5(9(10)13)7-3-2-6(11)4-8(7)12/h2-5,11-12H,1H3. The lowest BCUT2D eigenvalue weighted by atomic mass is 10.0. The monoisotopic (exact) mass is 200 g/mol. The smallest absolute Gasteiger partial charge is 0.228 e. The molecule has 0 saturated heterocycles. The van der Waals surface area contributed by atoms with Gasteiger partial charge in [-0.1, -0.05) is 6.07 Å². The number of phenols is 2. The predicted molar refractivity (Wildman–Crippen MR) is 49.0 cm³/mol. The van der Waals surface area contributed by atoms with Crippen LogP contribution in [0.25, 0.3) is 0 Å². The summed E-state index contributed by atoms with van der Waals surface area (Å²) < 4.78 is 0. The van der Waals surface area contributed by atoms with E-state index in [-0.39, 0.29) is 11.5 Å². The van der Waals surface area contributed by atoms with Gasteiger partial charge in [-0.2, -0.15) is 0 Å². The van der Waals surface area contributed by atoms with Gasteiger partial charge in [0.1, 0.15) is 11.5 Å². The summed E-state index contributed by atoms with van der Waals surface area (Å²) in [6.07, 6.45) is 0. The lowest BCUT2D eigenvalue weighted by molar-refractivity contribution is -0.112. The van der Waals surface area contributed by atoms with Crippen LogP contribution in [0.1, 0.15) is 18.4 Å². The molecule has 0 spiro atoms. The Bertz CT molecular complexity index is 336. The number of benzene rings is 1. The van der Waals surface area contributed by atoms with E-state index in [1.807, 2.05) is 0 Å². The van der Waals surface area contributed by atoms with Crippen LogP contribution < -0.4 is 0 Å². The van der Waals surface area contributed by atoms with Gasteiger partial charge in [-0.15, -0.1) is 0 Å². The molecule has 0 aliphatic carbocycles. The van der Waals surface area contributed by atoms with Gasteiger partial charge >= 0.3 is 0 Å². The summed E-state index contributed by atoms with van der Waals surface area (Å²) >= 11 is 5.26. The summed E-state index contributed by atoms with van der Waals surface area (Å²) in [6.45, 7) is 1.58. The van der Waals surface area contributed by atoms with Gasteiger partial charge in [-0.05, 0) is 24.6 Å². The van der Waals surface area contributed by atoms with E-state index in [4.69, 9.17) is 16.7 Å². The maximum atomic E-state index is 10.8. The summed E-state index contributed by atoms with van der Waals surface area (Å²) in [6, 6.07) is 4.03. The Morgan fingerprint density at radius 3 is 2.54 bits per heavy atom. The van der Waals surface area contributed by atoms with Gasteiger partial charge in [-0.25, -0.2) is 0 Å². The highest BCUT2D eigenvalue weighted by atomic mass is 35.5. The predicted octanol–water partition coefficient (Wildman–Crippen LogP) is 1.97. The third-order valence-electron chi connectivity index (χ3n) is 1.82. The first-order chi connectivity index (χ1) is 6.02. The first kappa shape index (κ1) is 9.86. The Kier molecular flexibility index (Phi) is 2.78. The van der Waals surface area contributed by atoms with E-state index in [0.29, 0.717) is 5.56 Å². The zero-order chi connectivity index (χ0) is 10.0. The van der Waals surface area contributed by atoms with Gasteiger partial charge < -0.3 is 10.2 Å². The molecule has 1 aromatic rings. The van der Waals surface area contributed by atoms with Crippen LogP contribution in [-0.4, -0.2) is 15.5 Å². The second-order valence-corrected chi connectivity index (χ2v) is 3.14. The van der Waals surface area contributed by atoms with Gasteiger partial charge in [0.15, 0.2) is 0 Å². The lowest BCUT2D eigenvalue weighted by Gasteiger charge is -2.08. The molecule has 0 radical (unpaired) electrons. The average Bonchev–Trinajstić information content (AvgIpc) is 2.03.